The van der Waals surface area contributed by atoms with E-state index in [9.17, 15) is 4.79 Å². The molecule has 6 heteroatoms. The monoisotopic (exact) mass is 332 g/mol. The van der Waals surface area contributed by atoms with E-state index in [1.54, 1.807) is 10.9 Å². The van der Waals surface area contributed by atoms with Crippen LogP contribution in [-0.2, 0) is 18.3 Å². The van der Waals surface area contributed by atoms with Crippen molar-refractivity contribution >= 4 is 17.5 Å². The minimum Gasteiger partial charge on any atom is -0.335 e. The smallest absolute Gasteiger partial charge is 0.227 e. The van der Waals surface area contributed by atoms with E-state index in [2.05, 4.69) is 10.1 Å². The highest BCUT2D eigenvalue weighted by atomic mass is 35.5. The molecular formula is C17H21ClN4O. The van der Waals surface area contributed by atoms with E-state index in [4.69, 9.17) is 11.6 Å². The molecule has 1 aliphatic rings. The number of hydrogen-bond donors (Lipinski definition) is 0. The van der Waals surface area contributed by atoms with Gasteiger partial charge in [-0.2, -0.15) is 5.10 Å². The average molecular weight is 333 g/mol. The van der Waals surface area contributed by atoms with E-state index in [1.807, 2.05) is 37.9 Å². The van der Waals surface area contributed by atoms with Crippen LogP contribution in [0.2, 0.25) is 5.15 Å². The van der Waals surface area contributed by atoms with Crippen molar-refractivity contribution in [1.29, 1.82) is 0 Å². The van der Waals surface area contributed by atoms with Crippen molar-refractivity contribution in [3.63, 3.8) is 0 Å². The first-order valence-corrected chi connectivity index (χ1v) is 8.25. The van der Waals surface area contributed by atoms with E-state index in [0.29, 0.717) is 11.6 Å². The summed E-state index contributed by atoms with van der Waals surface area (Å²) in [5.41, 5.74) is 3.79. The molecule has 0 radical (unpaired) electrons. The molecule has 0 unspecified atom stereocenters. The molecule has 5 nitrogen and oxygen atoms in total. The van der Waals surface area contributed by atoms with Crippen LogP contribution >= 0.6 is 11.6 Å². The van der Waals surface area contributed by atoms with Gasteiger partial charge in [0.15, 0.2) is 0 Å². The molecule has 1 fully saturated rings. The van der Waals surface area contributed by atoms with Crippen LogP contribution < -0.4 is 0 Å². The molecular weight excluding hydrogens is 312 g/mol. The second-order valence-electron chi connectivity index (χ2n) is 6.14. The lowest BCUT2D eigenvalue weighted by Crippen LogP contribution is -2.32. The van der Waals surface area contributed by atoms with Crippen molar-refractivity contribution in [3.8, 4) is 0 Å². The summed E-state index contributed by atoms with van der Waals surface area (Å²) in [6.45, 7) is 4.66. The van der Waals surface area contributed by atoms with Crippen LogP contribution in [0.5, 0.6) is 0 Å². The first-order valence-electron chi connectivity index (χ1n) is 7.87. The highest BCUT2D eigenvalue weighted by Crippen LogP contribution is 2.37. The number of aromatic nitrogens is 3. The summed E-state index contributed by atoms with van der Waals surface area (Å²) in [5.74, 6) is 0.123. The summed E-state index contributed by atoms with van der Waals surface area (Å²) in [5, 5.41) is 5.01. The number of likely N-dealkylation sites (tertiary alicyclic amines) is 1. The molecule has 0 aromatic carbocycles. The summed E-state index contributed by atoms with van der Waals surface area (Å²) in [4.78, 5) is 18.9. The van der Waals surface area contributed by atoms with E-state index in [-0.39, 0.29) is 11.9 Å². The van der Waals surface area contributed by atoms with Crippen LogP contribution in [0.15, 0.2) is 18.3 Å². The van der Waals surface area contributed by atoms with E-state index >= 15 is 0 Å². The Labute approximate surface area is 141 Å². The number of carbonyl (C=O) groups excluding carboxylic acids is 1. The summed E-state index contributed by atoms with van der Waals surface area (Å²) >= 11 is 6.39. The summed E-state index contributed by atoms with van der Waals surface area (Å²) < 4.78 is 1.68. The first-order chi connectivity index (χ1) is 11.0. The van der Waals surface area contributed by atoms with E-state index in [0.717, 1.165) is 41.9 Å². The molecule has 2 aromatic rings. The summed E-state index contributed by atoms with van der Waals surface area (Å²) in [6, 6.07) is 3.93. The molecule has 122 valence electrons. The normalized spacial score (nSPS) is 17.7. The van der Waals surface area contributed by atoms with Crippen molar-refractivity contribution in [1.82, 2.24) is 19.7 Å². The lowest BCUT2D eigenvalue weighted by Gasteiger charge is -2.25. The third-order valence-corrected chi connectivity index (χ3v) is 4.88. The Bertz CT molecular complexity index is 723. The predicted octanol–water partition coefficient (Wildman–Crippen LogP) is 2.99. The molecule has 3 rings (SSSR count). The number of aryl methyl sites for hydroxylation is 3. The Kier molecular flexibility index (Phi) is 4.39. The number of hydrogen-bond acceptors (Lipinski definition) is 3. The molecule has 0 N–H and O–H groups in total. The summed E-state index contributed by atoms with van der Waals surface area (Å²) in [7, 11) is 1.83. The molecule has 23 heavy (non-hydrogen) atoms. The maximum Gasteiger partial charge on any atom is 0.227 e. The molecule has 0 saturated carbocycles. The Morgan fingerprint density at radius 2 is 2.17 bits per heavy atom. The van der Waals surface area contributed by atoms with Gasteiger partial charge in [0, 0.05) is 31.0 Å². The van der Waals surface area contributed by atoms with Crippen molar-refractivity contribution < 1.29 is 4.79 Å². The van der Waals surface area contributed by atoms with Crippen LogP contribution in [0.1, 0.15) is 41.4 Å². The Morgan fingerprint density at radius 1 is 1.39 bits per heavy atom. The zero-order valence-electron chi connectivity index (χ0n) is 13.7. The van der Waals surface area contributed by atoms with Crippen LogP contribution in [0, 0.1) is 13.8 Å². The minimum atomic E-state index is 0.0297. The maximum absolute atomic E-state index is 12.7. The molecule has 3 heterocycles. The molecule has 1 atom stereocenters. The fourth-order valence-corrected chi connectivity index (χ4v) is 3.57. The van der Waals surface area contributed by atoms with E-state index in [1.165, 1.54) is 0 Å². The summed E-state index contributed by atoms with van der Waals surface area (Å²) in [6.07, 6.45) is 4.08. The average Bonchev–Trinajstić information content (AvgIpc) is 3.07. The van der Waals surface area contributed by atoms with Gasteiger partial charge in [0.25, 0.3) is 0 Å². The van der Waals surface area contributed by atoms with Crippen molar-refractivity contribution in [2.45, 2.75) is 39.2 Å². The van der Waals surface area contributed by atoms with Gasteiger partial charge in [0.05, 0.1) is 18.2 Å². The third-order valence-electron chi connectivity index (χ3n) is 4.43. The third kappa shape index (κ3) is 3.11. The molecule has 0 aliphatic carbocycles. The van der Waals surface area contributed by atoms with Crippen LogP contribution in [-0.4, -0.2) is 32.1 Å². The number of pyridine rings is 1. The van der Waals surface area contributed by atoms with Gasteiger partial charge in [-0.3, -0.25) is 14.5 Å². The fourth-order valence-electron chi connectivity index (χ4n) is 3.27. The maximum atomic E-state index is 12.7. The zero-order valence-corrected chi connectivity index (χ0v) is 14.5. The number of amides is 1. The first kappa shape index (κ1) is 16.0. The molecule has 1 aliphatic heterocycles. The van der Waals surface area contributed by atoms with Gasteiger partial charge in [0.1, 0.15) is 5.15 Å². The minimum absolute atomic E-state index is 0.0297. The van der Waals surface area contributed by atoms with Crippen molar-refractivity contribution in [2.75, 3.05) is 6.54 Å². The predicted molar refractivity (Wildman–Crippen MR) is 89.3 cm³/mol. The number of carbonyl (C=O) groups is 1. The largest absolute Gasteiger partial charge is 0.335 e. The van der Waals surface area contributed by atoms with Gasteiger partial charge in [0.2, 0.25) is 5.91 Å². The van der Waals surface area contributed by atoms with Crippen molar-refractivity contribution in [2.24, 2.45) is 7.05 Å². The second-order valence-corrected chi connectivity index (χ2v) is 6.50. The molecule has 0 spiro atoms. The van der Waals surface area contributed by atoms with Gasteiger partial charge < -0.3 is 4.90 Å². The van der Waals surface area contributed by atoms with E-state index < -0.39 is 0 Å². The molecule has 1 saturated heterocycles. The SMILES string of the molecule is Cc1ccc(CC(=O)N2CCC[C@H]2c2c(C)nn(C)c2Cl)cn1. The van der Waals surface area contributed by atoms with Crippen LogP contribution in [0.4, 0.5) is 0 Å². The fraction of sp³-hybridized carbons (Fsp3) is 0.471. The molecule has 1 amide bonds. The number of halogens is 1. The number of rotatable bonds is 3. The van der Waals surface area contributed by atoms with Gasteiger partial charge in [-0.05, 0) is 38.3 Å². The molecule has 2 aromatic heterocycles. The van der Waals surface area contributed by atoms with Gasteiger partial charge >= 0.3 is 0 Å². The topological polar surface area (TPSA) is 51.0 Å². The van der Waals surface area contributed by atoms with Crippen LogP contribution in [0.25, 0.3) is 0 Å². The number of nitrogens with zero attached hydrogens (tertiary/aromatic N) is 4. The van der Waals surface area contributed by atoms with Gasteiger partial charge in [-0.15, -0.1) is 0 Å². The van der Waals surface area contributed by atoms with Crippen LogP contribution in [0.3, 0.4) is 0 Å². The van der Waals surface area contributed by atoms with Crippen molar-refractivity contribution in [3.05, 3.63) is 46.0 Å². The quantitative estimate of drug-likeness (QED) is 0.868. The highest BCUT2D eigenvalue weighted by Gasteiger charge is 2.33. The molecule has 0 bridgehead atoms. The lowest BCUT2D eigenvalue weighted by atomic mass is 10.0. The second kappa shape index (κ2) is 6.32. The standard InChI is InChI=1S/C17H21ClN4O/c1-11-6-7-13(10-19-11)9-15(23)22-8-4-5-14(22)16-12(2)20-21(3)17(16)18/h6-7,10,14H,4-5,8-9H2,1-3H3/t14-/m0/s1. The van der Waals surface area contributed by atoms with Gasteiger partial charge in [-0.25, -0.2) is 0 Å². The Hall–Kier alpha value is -1.88. The lowest BCUT2D eigenvalue weighted by molar-refractivity contribution is -0.131. The highest BCUT2D eigenvalue weighted by molar-refractivity contribution is 6.30. The zero-order chi connectivity index (χ0) is 16.6. The Morgan fingerprint density at radius 3 is 2.78 bits per heavy atom. The van der Waals surface area contributed by atoms with Gasteiger partial charge in [-0.1, -0.05) is 17.7 Å². The Balaban J connectivity index is 1.81.